The molecule has 3 N–H and O–H groups in total. The molecule has 1 aliphatic rings. The third-order valence-electron chi connectivity index (χ3n) is 3.48. The first kappa shape index (κ1) is 13.4. The highest BCUT2D eigenvalue weighted by Crippen LogP contribution is 2.28. The van der Waals surface area contributed by atoms with Crippen molar-refractivity contribution in [2.24, 2.45) is 5.92 Å². The fourth-order valence-electron chi connectivity index (χ4n) is 2.41. The lowest BCUT2D eigenvalue weighted by atomic mass is 9.99. The van der Waals surface area contributed by atoms with Gasteiger partial charge in [-0.3, -0.25) is 4.79 Å². The summed E-state index contributed by atoms with van der Waals surface area (Å²) in [6, 6.07) is 5.45. The van der Waals surface area contributed by atoms with E-state index in [4.69, 9.17) is 5.73 Å². The van der Waals surface area contributed by atoms with E-state index in [0.717, 1.165) is 23.0 Å². The number of anilines is 2. The summed E-state index contributed by atoms with van der Waals surface area (Å²) < 4.78 is 0.837. The van der Waals surface area contributed by atoms with Gasteiger partial charge in [0.05, 0.1) is 5.69 Å². The van der Waals surface area contributed by atoms with Gasteiger partial charge in [-0.05, 0) is 47.0 Å². The minimum Gasteiger partial charge on any atom is -0.399 e. The lowest BCUT2D eigenvalue weighted by Crippen LogP contribution is -2.22. The summed E-state index contributed by atoms with van der Waals surface area (Å²) in [5.41, 5.74) is 7.17. The highest BCUT2D eigenvalue weighted by molar-refractivity contribution is 9.10. The maximum absolute atomic E-state index is 12.2. The number of benzene rings is 1. The Morgan fingerprint density at radius 1 is 1.22 bits per heavy atom. The van der Waals surface area contributed by atoms with Crippen LogP contribution in [0, 0.1) is 5.92 Å². The third kappa shape index (κ3) is 3.48. The highest BCUT2D eigenvalue weighted by atomic mass is 79.9. The Balaban J connectivity index is 2.01. The van der Waals surface area contributed by atoms with Crippen LogP contribution in [0.4, 0.5) is 11.4 Å². The Morgan fingerprint density at radius 2 is 1.89 bits per heavy atom. The van der Waals surface area contributed by atoms with Crippen LogP contribution in [-0.2, 0) is 4.79 Å². The van der Waals surface area contributed by atoms with Gasteiger partial charge in [-0.25, -0.2) is 0 Å². The number of nitrogens with two attached hydrogens (primary N) is 1. The van der Waals surface area contributed by atoms with Crippen molar-refractivity contribution in [1.29, 1.82) is 0 Å². The molecule has 98 valence electrons. The Labute approximate surface area is 116 Å². The van der Waals surface area contributed by atoms with Crippen molar-refractivity contribution >= 4 is 33.2 Å². The molecule has 1 aromatic rings. The topological polar surface area (TPSA) is 55.1 Å². The molecule has 0 atom stereocenters. The van der Waals surface area contributed by atoms with E-state index in [0.29, 0.717) is 5.69 Å². The molecule has 3 nitrogen and oxygen atoms in total. The molecule has 0 aromatic heterocycles. The smallest absolute Gasteiger partial charge is 0.227 e. The number of carbonyl (C=O) groups excluding carboxylic acids is 1. The van der Waals surface area contributed by atoms with E-state index in [1.54, 1.807) is 6.07 Å². The number of hydrogen-bond donors (Lipinski definition) is 2. The summed E-state index contributed by atoms with van der Waals surface area (Å²) in [5.74, 6) is 0.305. The lowest BCUT2D eigenvalue weighted by molar-refractivity contribution is -0.120. The summed E-state index contributed by atoms with van der Waals surface area (Å²) in [6.45, 7) is 0. The van der Waals surface area contributed by atoms with Crippen LogP contribution >= 0.6 is 15.9 Å². The lowest BCUT2D eigenvalue weighted by Gasteiger charge is -2.15. The van der Waals surface area contributed by atoms with E-state index in [1.165, 1.54) is 25.7 Å². The van der Waals surface area contributed by atoms with Gasteiger partial charge in [-0.15, -0.1) is 0 Å². The summed E-state index contributed by atoms with van der Waals surface area (Å²) in [5, 5.41) is 2.99. The van der Waals surface area contributed by atoms with Crippen LogP contribution in [0.1, 0.15) is 38.5 Å². The van der Waals surface area contributed by atoms with Crippen molar-refractivity contribution in [2.45, 2.75) is 38.5 Å². The second-order valence-electron chi connectivity index (χ2n) is 4.92. The van der Waals surface area contributed by atoms with Gasteiger partial charge in [-0.1, -0.05) is 25.7 Å². The fourth-order valence-corrected chi connectivity index (χ4v) is 2.90. The van der Waals surface area contributed by atoms with Crippen LogP contribution in [0.2, 0.25) is 0 Å². The molecule has 1 aromatic carbocycles. The summed E-state index contributed by atoms with van der Waals surface area (Å²) >= 11 is 3.42. The number of carbonyl (C=O) groups is 1. The van der Waals surface area contributed by atoms with Gasteiger partial charge in [0, 0.05) is 16.1 Å². The van der Waals surface area contributed by atoms with Crippen LogP contribution < -0.4 is 11.1 Å². The van der Waals surface area contributed by atoms with E-state index in [2.05, 4.69) is 21.2 Å². The molecule has 0 radical (unpaired) electrons. The van der Waals surface area contributed by atoms with E-state index in [1.807, 2.05) is 12.1 Å². The molecule has 1 fully saturated rings. The standard InChI is InChI=1S/C14H19BrN2O/c15-12-9-11(16)7-8-13(12)17-14(18)10-5-3-1-2-4-6-10/h7-10H,1-6,16H2,(H,17,18). The average molecular weight is 311 g/mol. The largest absolute Gasteiger partial charge is 0.399 e. The van der Waals surface area contributed by atoms with Gasteiger partial charge in [0.15, 0.2) is 0 Å². The van der Waals surface area contributed by atoms with Gasteiger partial charge in [0.2, 0.25) is 5.91 Å². The molecule has 4 heteroatoms. The maximum Gasteiger partial charge on any atom is 0.227 e. The predicted molar refractivity (Wildman–Crippen MR) is 78.4 cm³/mol. The van der Waals surface area contributed by atoms with Gasteiger partial charge in [0.25, 0.3) is 0 Å². The predicted octanol–water partition coefficient (Wildman–Crippen LogP) is 3.94. The summed E-state index contributed by atoms with van der Waals surface area (Å²) in [7, 11) is 0. The molecule has 18 heavy (non-hydrogen) atoms. The number of amides is 1. The monoisotopic (exact) mass is 310 g/mol. The SMILES string of the molecule is Nc1ccc(NC(=O)C2CCCCCC2)c(Br)c1. The van der Waals surface area contributed by atoms with Crippen molar-refractivity contribution in [2.75, 3.05) is 11.1 Å². The van der Waals surface area contributed by atoms with Crippen LogP contribution in [0.25, 0.3) is 0 Å². The van der Waals surface area contributed by atoms with Crippen LogP contribution in [0.15, 0.2) is 22.7 Å². The zero-order valence-corrected chi connectivity index (χ0v) is 12.0. The zero-order valence-electron chi connectivity index (χ0n) is 10.4. The number of halogens is 1. The Bertz CT molecular complexity index is 426. The second-order valence-corrected chi connectivity index (χ2v) is 5.77. The summed E-state index contributed by atoms with van der Waals surface area (Å²) in [4.78, 5) is 12.2. The first-order chi connectivity index (χ1) is 8.66. The number of hydrogen-bond acceptors (Lipinski definition) is 2. The molecule has 0 aliphatic heterocycles. The molecule has 0 heterocycles. The molecular weight excluding hydrogens is 292 g/mol. The van der Waals surface area contributed by atoms with Crippen LogP contribution in [0.5, 0.6) is 0 Å². The maximum atomic E-state index is 12.2. The van der Waals surface area contributed by atoms with Gasteiger partial charge < -0.3 is 11.1 Å². The van der Waals surface area contributed by atoms with Crippen molar-refractivity contribution in [3.8, 4) is 0 Å². The van der Waals surface area contributed by atoms with Gasteiger partial charge in [0.1, 0.15) is 0 Å². The normalized spacial score (nSPS) is 17.2. The molecule has 2 rings (SSSR count). The molecule has 0 saturated heterocycles. The molecule has 1 amide bonds. The Kier molecular flexibility index (Phi) is 4.64. The van der Waals surface area contributed by atoms with E-state index in [9.17, 15) is 4.79 Å². The molecular formula is C14H19BrN2O. The third-order valence-corrected chi connectivity index (χ3v) is 4.13. The number of nitrogen functional groups attached to an aromatic ring is 1. The zero-order chi connectivity index (χ0) is 13.0. The molecule has 0 spiro atoms. The van der Waals surface area contributed by atoms with Gasteiger partial charge >= 0.3 is 0 Å². The molecule has 0 bridgehead atoms. The van der Waals surface area contributed by atoms with E-state index in [-0.39, 0.29) is 11.8 Å². The second kappa shape index (κ2) is 6.23. The molecule has 1 saturated carbocycles. The van der Waals surface area contributed by atoms with Crippen molar-refractivity contribution in [1.82, 2.24) is 0 Å². The number of nitrogens with one attached hydrogen (secondary N) is 1. The first-order valence-electron chi connectivity index (χ1n) is 6.52. The van der Waals surface area contributed by atoms with Crippen molar-refractivity contribution in [3.63, 3.8) is 0 Å². The Morgan fingerprint density at radius 3 is 2.50 bits per heavy atom. The molecule has 1 aliphatic carbocycles. The Hall–Kier alpha value is -1.03. The number of rotatable bonds is 2. The average Bonchev–Trinajstić information content (AvgIpc) is 2.61. The van der Waals surface area contributed by atoms with Crippen LogP contribution in [-0.4, -0.2) is 5.91 Å². The fraction of sp³-hybridized carbons (Fsp3) is 0.500. The minimum atomic E-state index is 0.141. The molecule has 0 unspecified atom stereocenters. The first-order valence-corrected chi connectivity index (χ1v) is 7.32. The van der Waals surface area contributed by atoms with Crippen LogP contribution in [0.3, 0.4) is 0 Å². The quantitative estimate of drug-likeness (QED) is 0.642. The summed E-state index contributed by atoms with van der Waals surface area (Å²) in [6.07, 6.45) is 6.88. The van der Waals surface area contributed by atoms with E-state index >= 15 is 0 Å². The van der Waals surface area contributed by atoms with E-state index < -0.39 is 0 Å². The van der Waals surface area contributed by atoms with Gasteiger partial charge in [-0.2, -0.15) is 0 Å². The minimum absolute atomic E-state index is 0.141. The van der Waals surface area contributed by atoms with Crippen molar-refractivity contribution in [3.05, 3.63) is 22.7 Å². The van der Waals surface area contributed by atoms with Crippen molar-refractivity contribution < 1.29 is 4.79 Å². The highest BCUT2D eigenvalue weighted by Gasteiger charge is 2.20.